The van der Waals surface area contributed by atoms with Crippen molar-refractivity contribution in [3.63, 3.8) is 0 Å². The zero-order valence-electron chi connectivity index (χ0n) is 13.8. The molecular formula is C20H22BrN3. The van der Waals surface area contributed by atoms with Crippen LogP contribution in [0.1, 0.15) is 23.1 Å². The van der Waals surface area contributed by atoms with Gasteiger partial charge in [-0.15, -0.1) is 0 Å². The minimum Gasteiger partial charge on any atom is -0.298 e. The van der Waals surface area contributed by atoms with Crippen LogP contribution in [0, 0.1) is 11.3 Å². The minimum absolute atomic E-state index is 0.732. The largest absolute Gasteiger partial charge is 0.298 e. The summed E-state index contributed by atoms with van der Waals surface area (Å²) < 4.78 is 1.13. The lowest BCUT2D eigenvalue weighted by atomic mass is 10.1. The molecule has 24 heavy (non-hydrogen) atoms. The monoisotopic (exact) mass is 383 g/mol. The number of hydrogen-bond acceptors (Lipinski definition) is 3. The zero-order valence-corrected chi connectivity index (χ0v) is 15.4. The van der Waals surface area contributed by atoms with Crippen LogP contribution < -0.4 is 0 Å². The molecule has 0 saturated carbocycles. The maximum atomic E-state index is 8.88. The van der Waals surface area contributed by atoms with Gasteiger partial charge >= 0.3 is 0 Å². The Labute approximate surface area is 152 Å². The smallest absolute Gasteiger partial charge is 0.0991 e. The van der Waals surface area contributed by atoms with Crippen molar-refractivity contribution >= 4 is 15.9 Å². The molecule has 1 aliphatic heterocycles. The SMILES string of the molecule is N#Cc1ccc(CN2CCCN(Cc3ccc(Br)cc3)CC2)cc1. The lowest BCUT2D eigenvalue weighted by Crippen LogP contribution is -2.30. The van der Waals surface area contributed by atoms with Crippen LogP contribution in [-0.2, 0) is 13.1 Å². The molecule has 1 heterocycles. The van der Waals surface area contributed by atoms with Crippen molar-refractivity contribution in [1.29, 1.82) is 5.26 Å². The van der Waals surface area contributed by atoms with Gasteiger partial charge in [0.2, 0.25) is 0 Å². The Morgan fingerprint density at radius 3 is 1.79 bits per heavy atom. The average Bonchev–Trinajstić information content (AvgIpc) is 2.83. The summed E-state index contributed by atoms with van der Waals surface area (Å²) >= 11 is 3.49. The molecule has 3 rings (SSSR count). The topological polar surface area (TPSA) is 30.3 Å². The molecule has 4 heteroatoms. The van der Waals surface area contributed by atoms with E-state index in [0.717, 1.165) is 49.3 Å². The molecule has 0 bridgehead atoms. The maximum absolute atomic E-state index is 8.88. The predicted octanol–water partition coefficient (Wildman–Crippen LogP) is 4.03. The van der Waals surface area contributed by atoms with Crippen molar-refractivity contribution in [1.82, 2.24) is 9.80 Å². The first-order valence-electron chi connectivity index (χ1n) is 8.41. The predicted molar refractivity (Wildman–Crippen MR) is 100 cm³/mol. The van der Waals surface area contributed by atoms with Crippen molar-refractivity contribution in [2.24, 2.45) is 0 Å². The van der Waals surface area contributed by atoms with E-state index in [0.29, 0.717) is 0 Å². The Balaban J connectivity index is 1.52. The maximum Gasteiger partial charge on any atom is 0.0991 e. The molecule has 0 aromatic heterocycles. The van der Waals surface area contributed by atoms with Gasteiger partial charge in [0.05, 0.1) is 11.6 Å². The van der Waals surface area contributed by atoms with Crippen molar-refractivity contribution in [3.05, 3.63) is 69.7 Å². The summed E-state index contributed by atoms with van der Waals surface area (Å²) in [6, 6.07) is 18.8. The average molecular weight is 384 g/mol. The number of hydrogen-bond donors (Lipinski definition) is 0. The number of rotatable bonds is 4. The Morgan fingerprint density at radius 1 is 0.792 bits per heavy atom. The van der Waals surface area contributed by atoms with Crippen LogP contribution in [0.15, 0.2) is 53.0 Å². The highest BCUT2D eigenvalue weighted by Gasteiger charge is 2.15. The molecule has 0 unspecified atom stereocenters. The van der Waals surface area contributed by atoms with Crippen LogP contribution in [-0.4, -0.2) is 36.0 Å². The summed E-state index contributed by atoms with van der Waals surface area (Å²) in [5, 5.41) is 8.88. The van der Waals surface area contributed by atoms with Gasteiger partial charge in [-0.25, -0.2) is 0 Å². The van der Waals surface area contributed by atoms with E-state index in [1.165, 1.54) is 17.5 Å². The van der Waals surface area contributed by atoms with E-state index < -0.39 is 0 Å². The van der Waals surface area contributed by atoms with Gasteiger partial charge in [-0.05, 0) is 54.9 Å². The fourth-order valence-corrected chi connectivity index (χ4v) is 3.40. The molecule has 0 amide bonds. The second-order valence-electron chi connectivity index (χ2n) is 6.34. The van der Waals surface area contributed by atoms with E-state index in [9.17, 15) is 0 Å². The van der Waals surface area contributed by atoms with E-state index in [1.54, 1.807) is 0 Å². The fraction of sp³-hybridized carbons (Fsp3) is 0.350. The van der Waals surface area contributed by atoms with Gasteiger partial charge in [0.15, 0.2) is 0 Å². The number of benzene rings is 2. The van der Waals surface area contributed by atoms with Crippen LogP contribution in [0.4, 0.5) is 0 Å². The van der Waals surface area contributed by atoms with Crippen LogP contribution in [0.3, 0.4) is 0 Å². The number of nitriles is 1. The second kappa shape index (κ2) is 8.43. The molecule has 2 aromatic carbocycles. The van der Waals surface area contributed by atoms with Crippen LogP contribution in [0.2, 0.25) is 0 Å². The highest BCUT2D eigenvalue weighted by atomic mass is 79.9. The van der Waals surface area contributed by atoms with E-state index in [2.05, 4.69) is 68.2 Å². The van der Waals surface area contributed by atoms with E-state index >= 15 is 0 Å². The Kier molecular flexibility index (Phi) is 6.03. The Hall–Kier alpha value is -1.67. The minimum atomic E-state index is 0.732. The van der Waals surface area contributed by atoms with Crippen LogP contribution in [0.25, 0.3) is 0 Å². The van der Waals surface area contributed by atoms with Gasteiger partial charge in [0, 0.05) is 30.7 Å². The summed E-state index contributed by atoms with van der Waals surface area (Å²) in [4.78, 5) is 5.06. The van der Waals surface area contributed by atoms with E-state index in [4.69, 9.17) is 5.26 Å². The molecular weight excluding hydrogens is 362 g/mol. The fourth-order valence-electron chi connectivity index (χ4n) is 3.13. The summed E-state index contributed by atoms with van der Waals surface area (Å²) in [6.07, 6.45) is 1.20. The highest BCUT2D eigenvalue weighted by molar-refractivity contribution is 9.10. The van der Waals surface area contributed by atoms with Crippen LogP contribution >= 0.6 is 15.9 Å². The molecule has 124 valence electrons. The summed E-state index contributed by atoms with van der Waals surface area (Å²) in [7, 11) is 0. The third-order valence-corrected chi connectivity index (χ3v) is 5.02. The van der Waals surface area contributed by atoms with Gasteiger partial charge in [0.1, 0.15) is 0 Å². The lowest BCUT2D eigenvalue weighted by Gasteiger charge is -2.22. The number of halogens is 1. The normalized spacial score (nSPS) is 16.5. The molecule has 0 atom stereocenters. The molecule has 1 fully saturated rings. The highest BCUT2D eigenvalue weighted by Crippen LogP contribution is 2.15. The van der Waals surface area contributed by atoms with Gasteiger partial charge in [0.25, 0.3) is 0 Å². The van der Waals surface area contributed by atoms with Crippen molar-refractivity contribution < 1.29 is 0 Å². The molecule has 0 radical (unpaired) electrons. The molecule has 1 saturated heterocycles. The van der Waals surface area contributed by atoms with Crippen molar-refractivity contribution in [2.45, 2.75) is 19.5 Å². The van der Waals surface area contributed by atoms with Gasteiger partial charge in [-0.2, -0.15) is 5.26 Å². The molecule has 3 nitrogen and oxygen atoms in total. The zero-order chi connectivity index (χ0) is 16.8. The molecule has 0 aliphatic carbocycles. The van der Waals surface area contributed by atoms with E-state index in [-0.39, 0.29) is 0 Å². The van der Waals surface area contributed by atoms with Crippen molar-refractivity contribution in [2.75, 3.05) is 26.2 Å². The first-order valence-corrected chi connectivity index (χ1v) is 9.20. The van der Waals surface area contributed by atoms with Crippen LogP contribution in [0.5, 0.6) is 0 Å². The Morgan fingerprint density at radius 2 is 1.29 bits per heavy atom. The number of nitrogens with zero attached hydrogens (tertiary/aromatic N) is 3. The first kappa shape index (κ1) is 17.2. The third-order valence-electron chi connectivity index (χ3n) is 4.49. The van der Waals surface area contributed by atoms with E-state index in [1.807, 2.05) is 12.1 Å². The third kappa shape index (κ3) is 4.91. The second-order valence-corrected chi connectivity index (χ2v) is 7.26. The standard InChI is InChI=1S/C20H22BrN3/c21-20-8-6-19(7-9-20)16-24-11-1-10-23(12-13-24)15-18-4-2-17(14-22)3-5-18/h2-9H,1,10-13,15-16H2. The quantitative estimate of drug-likeness (QED) is 0.798. The summed E-state index contributed by atoms with van der Waals surface area (Å²) in [6.45, 7) is 6.48. The first-order chi connectivity index (χ1) is 11.7. The lowest BCUT2D eigenvalue weighted by molar-refractivity contribution is 0.247. The summed E-state index contributed by atoms with van der Waals surface area (Å²) in [5.41, 5.74) is 3.39. The van der Waals surface area contributed by atoms with Gasteiger partial charge < -0.3 is 0 Å². The van der Waals surface area contributed by atoms with Gasteiger partial charge in [-0.3, -0.25) is 9.80 Å². The molecule has 1 aliphatic rings. The molecule has 0 spiro atoms. The molecule has 2 aromatic rings. The van der Waals surface area contributed by atoms with Crippen molar-refractivity contribution in [3.8, 4) is 6.07 Å². The molecule has 0 N–H and O–H groups in total. The van der Waals surface area contributed by atoms with Gasteiger partial charge in [-0.1, -0.05) is 40.2 Å². The summed E-state index contributed by atoms with van der Waals surface area (Å²) in [5.74, 6) is 0. The Bertz CT molecular complexity index is 688.